The van der Waals surface area contributed by atoms with E-state index in [1.807, 2.05) is 0 Å². The van der Waals surface area contributed by atoms with Crippen LogP contribution in [-0.2, 0) is 0 Å². The number of carboxylic acid groups (broad SMARTS) is 1. The monoisotopic (exact) mass is 193 g/mol. The van der Waals surface area contributed by atoms with Crippen molar-refractivity contribution in [3.8, 4) is 5.75 Å². The van der Waals surface area contributed by atoms with Crippen LogP contribution in [0, 0.1) is 0 Å². The van der Waals surface area contributed by atoms with Crippen LogP contribution in [0.25, 0.3) is 0 Å². The molecule has 0 atom stereocenters. The molecule has 0 spiro atoms. The van der Waals surface area contributed by atoms with Crippen molar-refractivity contribution in [2.75, 3.05) is 5.73 Å². The second-order valence-electron chi connectivity index (χ2n) is 2.08. The summed E-state index contributed by atoms with van der Waals surface area (Å²) in [6.45, 7) is 0. The van der Waals surface area contributed by atoms with Gasteiger partial charge in [-0.05, 0) is 12.1 Å². The van der Waals surface area contributed by atoms with Crippen LogP contribution in [-0.4, -0.2) is 67.6 Å². The number of hydrogen-bond donors (Lipinski definition) is 3. The summed E-state index contributed by atoms with van der Waals surface area (Å²) in [7, 11) is 0. The average molecular weight is 193 g/mol. The van der Waals surface area contributed by atoms with Crippen molar-refractivity contribution in [2.24, 2.45) is 0 Å². The SMILES string of the molecule is Nc1ccc(C(=O)O)c(O)c1.[KH]. The molecule has 0 amide bonds. The molecule has 5 heteroatoms. The van der Waals surface area contributed by atoms with E-state index in [0.717, 1.165) is 0 Å². The van der Waals surface area contributed by atoms with Gasteiger partial charge in [0.05, 0.1) is 0 Å². The molecule has 0 heterocycles. The van der Waals surface area contributed by atoms with Gasteiger partial charge in [-0.1, -0.05) is 0 Å². The Balaban J connectivity index is 0.00000121. The number of anilines is 1. The van der Waals surface area contributed by atoms with E-state index in [9.17, 15) is 4.79 Å². The first-order valence-corrected chi connectivity index (χ1v) is 2.93. The first-order valence-electron chi connectivity index (χ1n) is 2.93. The van der Waals surface area contributed by atoms with Gasteiger partial charge in [0.25, 0.3) is 0 Å². The Morgan fingerprint density at radius 1 is 1.42 bits per heavy atom. The van der Waals surface area contributed by atoms with Gasteiger partial charge in [0, 0.05) is 11.8 Å². The zero-order chi connectivity index (χ0) is 8.43. The number of carboxylic acids is 1. The molecule has 0 fully saturated rings. The van der Waals surface area contributed by atoms with Gasteiger partial charge in [0.2, 0.25) is 0 Å². The molecule has 0 saturated carbocycles. The van der Waals surface area contributed by atoms with E-state index >= 15 is 0 Å². The molecule has 0 unspecified atom stereocenters. The summed E-state index contributed by atoms with van der Waals surface area (Å²) in [6, 6.07) is 3.87. The third-order valence-corrected chi connectivity index (χ3v) is 1.25. The number of hydrogen-bond acceptors (Lipinski definition) is 3. The number of phenols is 1. The molecule has 1 aromatic rings. The van der Waals surface area contributed by atoms with Crippen molar-refractivity contribution in [1.29, 1.82) is 0 Å². The Morgan fingerprint density at radius 2 is 2.00 bits per heavy atom. The Kier molecular flexibility index (Phi) is 4.80. The summed E-state index contributed by atoms with van der Waals surface area (Å²) >= 11 is 0. The van der Waals surface area contributed by atoms with Crippen LogP contribution in [0.3, 0.4) is 0 Å². The van der Waals surface area contributed by atoms with Crippen LogP contribution in [0.5, 0.6) is 5.75 Å². The number of benzene rings is 1. The summed E-state index contributed by atoms with van der Waals surface area (Å²) in [6.07, 6.45) is 0. The van der Waals surface area contributed by atoms with Gasteiger partial charge in [-0.3, -0.25) is 0 Å². The molecule has 1 rings (SSSR count). The molecule has 0 aromatic heterocycles. The molecular weight excluding hydrogens is 185 g/mol. The molecule has 0 aliphatic rings. The number of rotatable bonds is 1. The Morgan fingerprint density at radius 3 is 2.42 bits per heavy atom. The summed E-state index contributed by atoms with van der Waals surface area (Å²) < 4.78 is 0. The van der Waals surface area contributed by atoms with Crippen LogP contribution in [0.4, 0.5) is 5.69 Å². The van der Waals surface area contributed by atoms with Crippen molar-refractivity contribution in [3.05, 3.63) is 23.8 Å². The van der Waals surface area contributed by atoms with Crippen molar-refractivity contribution < 1.29 is 15.0 Å². The van der Waals surface area contributed by atoms with E-state index < -0.39 is 5.97 Å². The molecule has 60 valence electrons. The Hall–Kier alpha value is -0.0736. The van der Waals surface area contributed by atoms with Gasteiger partial charge in [0.1, 0.15) is 11.3 Å². The molecule has 0 saturated heterocycles. The molecule has 0 bridgehead atoms. The van der Waals surface area contributed by atoms with Gasteiger partial charge in [-0.25, -0.2) is 4.79 Å². The van der Waals surface area contributed by atoms with Crippen LogP contribution in [0.1, 0.15) is 10.4 Å². The van der Waals surface area contributed by atoms with E-state index in [0.29, 0.717) is 5.69 Å². The fourth-order valence-electron chi connectivity index (χ4n) is 0.730. The zero-order valence-corrected chi connectivity index (χ0v) is 5.61. The maximum absolute atomic E-state index is 10.3. The molecule has 12 heavy (non-hydrogen) atoms. The number of nitrogens with two attached hydrogens (primary N) is 1. The summed E-state index contributed by atoms with van der Waals surface area (Å²) in [4.78, 5) is 10.3. The molecule has 4 nitrogen and oxygen atoms in total. The van der Waals surface area contributed by atoms with Crippen LogP contribution in [0.2, 0.25) is 0 Å². The van der Waals surface area contributed by atoms with E-state index in [1.54, 1.807) is 0 Å². The van der Waals surface area contributed by atoms with E-state index in [-0.39, 0.29) is 62.7 Å². The predicted molar refractivity (Wildman–Crippen MR) is 46.6 cm³/mol. The minimum atomic E-state index is -1.16. The van der Waals surface area contributed by atoms with Crippen molar-refractivity contribution >= 4 is 63.0 Å². The van der Waals surface area contributed by atoms with Crippen LogP contribution < -0.4 is 5.73 Å². The molecule has 4 N–H and O–H groups in total. The first kappa shape index (κ1) is 11.9. The number of aromatic carboxylic acids is 1. The molecule has 0 aliphatic carbocycles. The predicted octanol–water partition coefficient (Wildman–Crippen LogP) is 0.0241. The van der Waals surface area contributed by atoms with Crippen molar-refractivity contribution in [1.82, 2.24) is 0 Å². The summed E-state index contributed by atoms with van der Waals surface area (Å²) in [5, 5.41) is 17.5. The van der Waals surface area contributed by atoms with Gasteiger partial charge >= 0.3 is 57.4 Å². The second kappa shape index (κ2) is 4.83. The standard InChI is InChI=1S/C7H7NO3.K.H/c8-4-1-2-5(7(10)11)6(9)3-4;;/h1-3,9H,8H2,(H,10,11);;. The third kappa shape index (κ3) is 2.76. The Labute approximate surface area is 112 Å². The minimum absolute atomic E-state index is 0. The Bertz CT molecular complexity index is 301. The van der Waals surface area contributed by atoms with Crippen molar-refractivity contribution in [3.63, 3.8) is 0 Å². The average Bonchev–Trinajstić information content (AvgIpc) is 1.85. The summed E-state index contributed by atoms with van der Waals surface area (Å²) in [5.41, 5.74) is 5.48. The van der Waals surface area contributed by atoms with Gasteiger partial charge in [-0.15, -0.1) is 0 Å². The zero-order valence-electron chi connectivity index (χ0n) is 5.61. The van der Waals surface area contributed by atoms with E-state index in [1.165, 1.54) is 18.2 Å². The van der Waals surface area contributed by atoms with Crippen LogP contribution in [0.15, 0.2) is 18.2 Å². The van der Waals surface area contributed by atoms with E-state index in [2.05, 4.69) is 0 Å². The maximum atomic E-state index is 10.3. The van der Waals surface area contributed by atoms with Gasteiger partial charge in [0.15, 0.2) is 0 Å². The molecule has 1 aromatic carbocycles. The second-order valence-corrected chi connectivity index (χ2v) is 2.08. The number of nitrogen functional groups attached to an aromatic ring is 1. The van der Waals surface area contributed by atoms with Gasteiger partial charge < -0.3 is 15.9 Å². The molecule has 0 aliphatic heterocycles. The normalized spacial score (nSPS) is 8.67. The van der Waals surface area contributed by atoms with Gasteiger partial charge in [-0.2, -0.15) is 0 Å². The quantitative estimate of drug-likeness (QED) is 0.434. The fraction of sp³-hybridized carbons (Fsp3) is 0. The van der Waals surface area contributed by atoms with Crippen molar-refractivity contribution in [2.45, 2.75) is 0 Å². The first-order chi connectivity index (χ1) is 5.11. The van der Waals surface area contributed by atoms with E-state index in [4.69, 9.17) is 15.9 Å². The third-order valence-electron chi connectivity index (χ3n) is 1.25. The summed E-state index contributed by atoms with van der Waals surface area (Å²) in [5.74, 6) is -1.47. The molecule has 0 radical (unpaired) electrons. The topological polar surface area (TPSA) is 83.6 Å². The number of carbonyl (C=O) groups is 1. The fourth-order valence-corrected chi connectivity index (χ4v) is 0.730. The molecular formula is C7H8KNO3. The number of aromatic hydroxyl groups is 1. The van der Waals surface area contributed by atoms with Crippen LogP contribution >= 0.6 is 0 Å².